The zero-order chi connectivity index (χ0) is 10.8. The zero-order valence-electron chi connectivity index (χ0n) is 9.07. The highest BCUT2D eigenvalue weighted by Crippen LogP contribution is 2.14. The molecule has 0 aliphatic heterocycles. The van der Waals surface area contributed by atoms with Gasteiger partial charge in [0.25, 0.3) is 0 Å². The molecule has 0 atom stereocenters. The van der Waals surface area contributed by atoms with E-state index < -0.39 is 0 Å². The Morgan fingerprint density at radius 2 is 2.20 bits per heavy atom. The molecular formula is C12H15N3. The van der Waals surface area contributed by atoms with Gasteiger partial charge in [-0.15, -0.1) is 0 Å². The normalized spacial score (nSPS) is 10.5. The van der Waals surface area contributed by atoms with Gasteiger partial charge >= 0.3 is 0 Å². The fourth-order valence-electron chi connectivity index (χ4n) is 1.52. The summed E-state index contributed by atoms with van der Waals surface area (Å²) in [6.07, 6.45) is 2.98. The summed E-state index contributed by atoms with van der Waals surface area (Å²) in [6, 6.07) is 8.32. The second-order valence-electron chi connectivity index (χ2n) is 3.67. The van der Waals surface area contributed by atoms with Crippen LogP contribution in [0.5, 0.6) is 0 Å². The molecule has 2 aromatic rings. The van der Waals surface area contributed by atoms with Gasteiger partial charge in [-0.25, -0.2) is 4.68 Å². The van der Waals surface area contributed by atoms with Crippen molar-refractivity contribution in [3.05, 3.63) is 41.6 Å². The van der Waals surface area contributed by atoms with E-state index in [1.807, 2.05) is 29.9 Å². The lowest BCUT2D eigenvalue weighted by atomic mass is 10.1. The molecule has 2 rings (SSSR count). The molecule has 15 heavy (non-hydrogen) atoms. The Balaban J connectivity index is 2.44. The highest BCUT2D eigenvalue weighted by Gasteiger charge is 2.02. The van der Waals surface area contributed by atoms with Crippen molar-refractivity contribution in [3.63, 3.8) is 0 Å². The minimum atomic E-state index is 0.594. The van der Waals surface area contributed by atoms with Crippen molar-refractivity contribution in [2.24, 2.45) is 0 Å². The molecule has 3 heteroatoms. The minimum Gasteiger partial charge on any atom is -0.382 e. The van der Waals surface area contributed by atoms with Crippen LogP contribution in [0, 0.1) is 6.92 Å². The topological polar surface area (TPSA) is 43.8 Å². The van der Waals surface area contributed by atoms with Crippen LogP contribution in [-0.2, 0) is 6.42 Å². The fraction of sp³-hybridized carbons (Fsp3) is 0.250. The monoisotopic (exact) mass is 201 g/mol. The van der Waals surface area contributed by atoms with Gasteiger partial charge in [-0.1, -0.05) is 19.1 Å². The van der Waals surface area contributed by atoms with Crippen LogP contribution in [0.15, 0.2) is 30.5 Å². The molecule has 0 aliphatic carbocycles. The van der Waals surface area contributed by atoms with E-state index in [1.165, 1.54) is 5.56 Å². The van der Waals surface area contributed by atoms with E-state index in [2.05, 4.69) is 24.2 Å². The molecule has 1 aromatic carbocycles. The molecule has 0 bridgehead atoms. The van der Waals surface area contributed by atoms with Crippen molar-refractivity contribution in [1.29, 1.82) is 0 Å². The second kappa shape index (κ2) is 3.77. The number of rotatable bonds is 2. The molecule has 1 aromatic heterocycles. The first-order chi connectivity index (χ1) is 7.20. The summed E-state index contributed by atoms with van der Waals surface area (Å²) in [5.41, 5.74) is 9.10. The van der Waals surface area contributed by atoms with Crippen LogP contribution in [0.1, 0.15) is 18.1 Å². The third-order valence-corrected chi connectivity index (χ3v) is 2.52. The number of hydrogen-bond acceptors (Lipinski definition) is 2. The number of benzene rings is 1. The quantitative estimate of drug-likeness (QED) is 0.810. The first-order valence-corrected chi connectivity index (χ1v) is 5.11. The predicted octanol–water partition coefficient (Wildman–Crippen LogP) is 2.33. The number of hydrogen-bond donors (Lipinski definition) is 1. The molecular weight excluding hydrogens is 186 g/mol. The Hall–Kier alpha value is -1.77. The highest BCUT2D eigenvalue weighted by atomic mass is 15.3. The Labute approximate surface area is 89.5 Å². The van der Waals surface area contributed by atoms with Crippen molar-refractivity contribution >= 4 is 5.82 Å². The summed E-state index contributed by atoms with van der Waals surface area (Å²) >= 11 is 0. The van der Waals surface area contributed by atoms with Gasteiger partial charge in [-0.3, -0.25) is 0 Å². The predicted molar refractivity (Wildman–Crippen MR) is 62.1 cm³/mol. The second-order valence-corrected chi connectivity index (χ2v) is 3.67. The van der Waals surface area contributed by atoms with Crippen molar-refractivity contribution in [2.45, 2.75) is 20.3 Å². The third kappa shape index (κ3) is 1.86. The molecule has 0 radical (unpaired) electrons. The molecule has 0 spiro atoms. The smallest absolute Gasteiger partial charge is 0.148 e. The van der Waals surface area contributed by atoms with Gasteiger partial charge < -0.3 is 5.73 Å². The first-order valence-electron chi connectivity index (χ1n) is 5.11. The van der Waals surface area contributed by atoms with Gasteiger partial charge in [-0.2, -0.15) is 5.10 Å². The Morgan fingerprint density at radius 1 is 1.40 bits per heavy atom. The van der Waals surface area contributed by atoms with E-state index in [0.717, 1.165) is 17.7 Å². The molecule has 1 heterocycles. The molecule has 78 valence electrons. The van der Waals surface area contributed by atoms with Gasteiger partial charge in [0.1, 0.15) is 5.82 Å². The van der Waals surface area contributed by atoms with Gasteiger partial charge in [0.05, 0.1) is 5.69 Å². The SMILES string of the molecule is CCc1cccc(-n2cc(C)c(N)n2)c1. The molecule has 0 fully saturated rings. The molecule has 2 N–H and O–H groups in total. The Kier molecular flexibility index (Phi) is 2.46. The first kappa shape index (κ1) is 9.77. The van der Waals surface area contributed by atoms with E-state index >= 15 is 0 Å². The van der Waals surface area contributed by atoms with Crippen LogP contribution in [0.4, 0.5) is 5.82 Å². The van der Waals surface area contributed by atoms with Crippen molar-refractivity contribution < 1.29 is 0 Å². The summed E-state index contributed by atoms with van der Waals surface area (Å²) in [5.74, 6) is 0.594. The summed E-state index contributed by atoms with van der Waals surface area (Å²) < 4.78 is 1.82. The molecule has 0 saturated carbocycles. The van der Waals surface area contributed by atoms with Gasteiger partial charge in [-0.05, 0) is 31.0 Å². The number of anilines is 1. The maximum Gasteiger partial charge on any atom is 0.148 e. The Bertz CT molecular complexity index is 452. The summed E-state index contributed by atoms with van der Waals surface area (Å²) in [6.45, 7) is 4.10. The molecule has 0 unspecified atom stereocenters. The van der Waals surface area contributed by atoms with Crippen molar-refractivity contribution in [2.75, 3.05) is 5.73 Å². The lowest BCUT2D eigenvalue weighted by Gasteiger charge is -2.02. The largest absolute Gasteiger partial charge is 0.382 e. The number of aryl methyl sites for hydroxylation is 2. The standard InChI is InChI=1S/C12H15N3/c1-3-10-5-4-6-11(7-10)15-8-9(2)12(13)14-15/h4-8H,3H2,1-2H3,(H2,13,14). The average molecular weight is 201 g/mol. The van der Waals surface area contributed by atoms with Crippen LogP contribution in [0.2, 0.25) is 0 Å². The minimum absolute atomic E-state index is 0.594. The van der Waals surface area contributed by atoms with E-state index in [-0.39, 0.29) is 0 Å². The van der Waals surface area contributed by atoms with Gasteiger partial charge in [0.2, 0.25) is 0 Å². The number of nitrogens with two attached hydrogens (primary N) is 1. The lowest BCUT2D eigenvalue weighted by Crippen LogP contribution is -1.96. The van der Waals surface area contributed by atoms with E-state index in [0.29, 0.717) is 5.82 Å². The average Bonchev–Trinajstić information content (AvgIpc) is 2.59. The summed E-state index contributed by atoms with van der Waals surface area (Å²) in [4.78, 5) is 0. The van der Waals surface area contributed by atoms with Crippen LogP contribution < -0.4 is 5.73 Å². The van der Waals surface area contributed by atoms with E-state index in [4.69, 9.17) is 5.73 Å². The van der Waals surface area contributed by atoms with Crippen LogP contribution >= 0.6 is 0 Å². The Morgan fingerprint density at radius 3 is 2.80 bits per heavy atom. The number of nitrogen functional groups attached to an aromatic ring is 1. The molecule has 0 amide bonds. The van der Waals surface area contributed by atoms with E-state index in [9.17, 15) is 0 Å². The molecule has 3 nitrogen and oxygen atoms in total. The van der Waals surface area contributed by atoms with Crippen molar-refractivity contribution in [1.82, 2.24) is 9.78 Å². The summed E-state index contributed by atoms with van der Waals surface area (Å²) in [5, 5.41) is 4.25. The zero-order valence-corrected chi connectivity index (χ0v) is 9.07. The highest BCUT2D eigenvalue weighted by molar-refractivity contribution is 5.42. The van der Waals surface area contributed by atoms with Gasteiger partial charge in [0, 0.05) is 11.8 Å². The fourth-order valence-corrected chi connectivity index (χ4v) is 1.52. The van der Waals surface area contributed by atoms with Crippen LogP contribution in [0.3, 0.4) is 0 Å². The lowest BCUT2D eigenvalue weighted by molar-refractivity contribution is 0.882. The number of nitrogens with zero attached hydrogens (tertiary/aromatic N) is 2. The number of aromatic nitrogens is 2. The maximum atomic E-state index is 5.72. The van der Waals surface area contributed by atoms with Crippen LogP contribution in [-0.4, -0.2) is 9.78 Å². The van der Waals surface area contributed by atoms with Gasteiger partial charge in [0.15, 0.2) is 0 Å². The van der Waals surface area contributed by atoms with Crippen molar-refractivity contribution in [3.8, 4) is 5.69 Å². The molecule has 0 saturated heterocycles. The van der Waals surface area contributed by atoms with E-state index in [1.54, 1.807) is 0 Å². The maximum absolute atomic E-state index is 5.72. The summed E-state index contributed by atoms with van der Waals surface area (Å²) in [7, 11) is 0. The third-order valence-electron chi connectivity index (χ3n) is 2.52. The molecule has 0 aliphatic rings. The van der Waals surface area contributed by atoms with Crippen LogP contribution in [0.25, 0.3) is 5.69 Å².